The van der Waals surface area contributed by atoms with Crippen molar-refractivity contribution in [2.45, 2.75) is 6.42 Å². The molecule has 0 aliphatic rings. The molecule has 1 aromatic heterocycles. The second-order valence-corrected chi connectivity index (χ2v) is 6.54. The van der Waals surface area contributed by atoms with Crippen molar-refractivity contribution >= 4 is 46.2 Å². The van der Waals surface area contributed by atoms with Crippen molar-refractivity contribution in [1.82, 2.24) is 14.9 Å². The Kier molecular flexibility index (Phi) is 5.59. The Bertz CT molecular complexity index is 978. The van der Waals surface area contributed by atoms with Gasteiger partial charge in [0.15, 0.2) is 0 Å². The topological polar surface area (TPSA) is 46.9 Å². The lowest BCUT2D eigenvalue weighted by atomic mass is 10.2. The average Bonchev–Trinajstić information content (AvgIpc) is 2.90. The van der Waals surface area contributed by atoms with Crippen molar-refractivity contribution in [1.29, 1.82) is 0 Å². The van der Waals surface area contributed by atoms with Crippen LogP contribution in [0.4, 0.5) is 4.39 Å². The van der Waals surface area contributed by atoms with Gasteiger partial charge in [0.05, 0.1) is 11.0 Å². The summed E-state index contributed by atoms with van der Waals surface area (Å²) >= 11 is 12.1. The first-order chi connectivity index (χ1) is 12.5. The first-order valence-electron chi connectivity index (χ1n) is 7.96. The van der Waals surface area contributed by atoms with Gasteiger partial charge in [-0.25, -0.2) is 9.37 Å². The normalized spacial score (nSPS) is 11.4. The fraction of sp³-hybridized carbons (Fsp3) is 0.158. The van der Waals surface area contributed by atoms with Crippen LogP contribution in [0.25, 0.3) is 17.1 Å². The molecule has 0 atom stereocenters. The second-order valence-electron chi connectivity index (χ2n) is 5.73. The van der Waals surface area contributed by atoms with Crippen LogP contribution < -0.4 is 5.32 Å². The molecule has 0 bridgehead atoms. The molecule has 0 saturated carbocycles. The molecule has 26 heavy (non-hydrogen) atoms. The monoisotopic (exact) mass is 391 g/mol. The zero-order valence-corrected chi connectivity index (χ0v) is 15.5. The lowest BCUT2D eigenvalue weighted by Gasteiger charge is -2.04. The highest BCUT2D eigenvalue weighted by molar-refractivity contribution is 6.37. The molecule has 1 amide bonds. The number of hydrogen-bond donors (Lipinski definition) is 1. The van der Waals surface area contributed by atoms with Crippen LogP contribution in [0.1, 0.15) is 11.4 Å². The maximum Gasteiger partial charge on any atom is 0.244 e. The van der Waals surface area contributed by atoms with Crippen LogP contribution >= 0.6 is 23.2 Å². The Hall–Kier alpha value is -2.37. The van der Waals surface area contributed by atoms with Gasteiger partial charge in [-0.05, 0) is 30.3 Å². The molecule has 4 nitrogen and oxygen atoms in total. The molecule has 7 heteroatoms. The Morgan fingerprint density at radius 2 is 2.00 bits per heavy atom. The SMILES string of the molecule is Cn1c(CCNC(=O)C=Cc2c(Cl)cccc2Cl)nc2cc(F)ccc21. The van der Waals surface area contributed by atoms with Gasteiger partial charge in [-0.1, -0.05) is 29.3 Å². The molecule has 0 radical (unpaired) electrons. The van der Waals surface area contributed by atoms with Crippen LogP contribution in [0.5, 0.6) is 0 Å². The van der Waals surface area contributed by atoms with E-state index in [0.29, 0.717) is 34.1 Å². The van der Waals surface area contributed by atoms with Gasteiger partial charge in [0, 0.05) is 47.8 Å². The molecule has 134 valence electrons. The summed E-state index contributed by atoms with van der Waals surface area (Å²) in [6, 6.07) is 9.65. The van der Waals surface area contributed by atoms with Crippen molar-refractivity contribution in [2.24, 2.45) is 7.05 Å². The molecule has 0 aliphatic heterocycles. The highest BCUT2D eigenvalue weighted by atomic mass is 35.5. The largest absolute Gasteiger partial charge is 0.352 e. The number of hydrogen-bond acceptors (Lipinski definition) is 2. The van der Waals surface area contributed by atoms with E-state index >= 15 is 0 Å². The number of benzene rings is 2. The van der Waals surface area contributed by atoms with Gasteiger partial charge in [0.1, 0.15) is 11.6 Å². The quantitative estimate of drug-likeness (QED) is 0.655. The van der Waals surface area contributed by atoms with Gasteiger partial charge < -0.3 is 9.88 Å². The molecule has 1 heterocycles. The summed E-state index contributed by atoms with van der Waals surface area (Å²) in [6.07, 6.45) is 3.49. The first-order valence-corrected chi connectivity index (χ1v) is 8.72. The minimum Gasteiger partial charge on any atom is -0.352 e. The summed E-state index contributed by atoms with van der Waals surface area (Å²) in [5.74, 6) is 0.189. The van der Waals surface area contributed by atoms with Crippen LogP contribution in [-0.4, -0.2) is 22.0 Å². The van der Waals surface area contributed by atoms with E-state index in [9.17, 15) is 9.18 Å². The number of rotatable bonds is 5. The number of amides is 1. The smallest absolute Gasteiger partial charge is 0.244 e. The van der Waals surface area contributed by atoms with E-state index in [0.717, 1.165) is 11.3 Å². The molecule has 0 aliphatic carbocycles. The van der Waals surface area contributed by atoms with Crippen LogP contribution in [-0.2, 0) is 18.3 Å². The molecule has 0 fully saturated rings. The standard InChI is InChI=1S/C19H16Cl2FN3O/c1-25-17-7-5-12(22)11-16(17)24-18(25)9-10-23-19(26)8-6-13-14(20)3-2-4-15(13)21/h2-8,11H,9-10H2,1H3,(H,23,26). The Labute approximate surface area is 160 Å². The van der Waals surface area contributed by atoms with Crippen LogP contribution in [0.15, 0.2) is 42.5 Å². The van der Waals surface area contributed by atoms with Gasteiger partial charge in [-0.15, -0.1) is 0 Å². The minimum atomic E-state index is -0.321. The zero-order valence-electron chi connectivity index (χ0n) is 14.0. The van der Waals surface area contributed by atoms with Crippen molar-refractivity contribution < 1.29 is 9.18 Å². The molecule has 0 saturated heterocycles. The number of aromatic nitrogens is 2. The Balaban J connectivity index is 1.60. The van der Waals surface area contributed by atoms with Crippen molar-refractivity contribution in [2.75, 3.05) is 6.54 Å². The van der Waals surface area contributed by atoms with Gasteiger partial charge in [-0.3, -0.25) is 4.79 Å². The minimum absolute atomic E-state index is 0.259. The molecule has 1 N–H and O–H groups in total. The van der Waals surface area contributed by atoms with Crippen molar-refractivity contribution in [3.8, 4) is 0 Å². The lowest BCUT2D eigenvalue weighted by Crippen LogP contribution is -2.24. The number of carbonyl (C=O) groups excluding carboxylic acids is 1. The second kappa shape index (κ2) is 7.89. The maximum atomic E-state index is 13.3. The third-order valence-corrected chi connectivity index (χ3v) is 4.64. The van der Waals surface area contributed by atoms with E-state index in [2.05, 4.69) is 10.3 Å². The number of halogens is 3. The Morgan fingerprint density at radius 1 is 1.27 bits per heavy atom. The van der Waals surface area contributed by atoms with E-state index in [4.69, 9.17) is 23.2 Å². The third kappa shape index (κ3) is 4.06. The third-order valence-electron chi connectivity index (χ3n) is 3.98. The number of nitrogens with zero attached hydrogens (tertiary/aromatic N) is 2. The molecule has 0 spiro atoms. The van der Waals surface area contributed by atoms with E-state index in [1.165, 1.54) is 18.2 Å². The summed E-state index contributed by atoms with van der Waals surface area (Å²) in [7, 11) is 1.86. The summed E-state index contributed by atoms with van der Waals surface area (Å²) < 4.78 is 15.2. The molecular formula is C19H16Cl2FN3O. The number of nitrogens with one attached hydrogen (secondary N) is 1. The highest BCUT2D eigenvalue weighted by Gasteiger charge is 2.09. The van der Waals surface area contributed by atoms with Gasteiger partial charge in [0.2, 0.25) is 5.91 Å². The summed E-state index contributed by atoms with van der Waals surface area (Å²) in [5, 5.41) is 3.74. The predicted octanol–water partition coefficient (Wildman–Crippen LogP) is 4.39. The number of fused-ring (bicyclic) bond motifs is 1. The predicted molar refractivity (Wildman–Crippen MR) is 103 cm³/mol. The molecule has 3 aromatic rings. The van der Waals surface area contributed by atoms with E-state index in [1.54, 1.807) is 30.3 Å². The van der Waals surface area contributed by atoms with Crippen LogP contribution in [0, 0.1) is 5.82 Å². The molecule has 0 unspecified atom stereocenters. The average molecular weight is 392 g/mol. The zero-order chi connectivity index (χ0) is 18.7. The highest BCUT2D eigenvalue weighted by Crippen LogP contribution is 2.25. The summed E-state index contributed by atoms with van der Waals surface area (Å²) in [5.41, 5.74) is 2.05. The van der Waals surface area contributed by atoms with Crippen LogP contribution in [0.3, 0.4) is 0 Å². The number of carbonyl (C=O) groups is 1. The Morgan fingerprint density at radius 3 is 2.73 bits per heavy atom. The van der Waals surface area contributed by atoms with Crippen molar-refractivity contribution in [3.63, 3.8) is 0 Å². The van der Waals surface area contributed by atoms with Crippen LogP contribution in [0.2, 0.25) is 10.0 Å². The maximum absolute atomic E-state index is 13.3. The fourth-order valence-corrected chi connectivity index (χ4v) is 3.16. The lowest BCUT2D eigenvalue weighted by molar-refractivity contribution is -0.116. The van der Waals surface area contributed by atoms with E-state index in [-0.39, 0.29) is 11.7 Å². The molecule has 2 aromatic carbocycles. The van der Waals surface area contributed by atoms with Gasteiger partial charge >= 0.3 is 0 Å². The molecular weight excluding hydrogens is 376 g/mol. The summed E-state index contributed by atoms with van der Waals surface area (Å²) in [4.78, 5) is 16.4. The van der Waals surface area contributed by atoms with Gasteiger partial charge in [-0.2, -0.15) is 0 Å². The number of imidazole rings is 1. The van der Waals surface area contributed by atoms with E-state index < -0.39 is 0 Å². The summed E-state index contributed by atoms with van der Waals surface area (Å²) in [6.45, 7) is 0.402. The fourth-order valence-electron chi connectivity index (χ4n) is 2.63. The van der Waals surface area contributed by atoms with Gasteiger partial charge in [0.25, 0.3) is 0 Å². The van der Waals surface area contributed by atoms with Crippen molar-refractivity contribution in [3.05, 3.63) is 69.7 Å². The number of aryl methyl sites for hydroxylation is 1. The van der Waals surface area contributed by atoms with E-state index in [1.807, 2.05) is 11.6 Å². The first kappa shape index (κ1) is 18.4. The molecule has 3 rings (SSSR count).